The van der Waals surface area contributed by atoms with Gasteiger partial charge in [-0.25, -0.2) is 0 Å². The summed E-state index contributed by atoms with van der Waals surface area (Å²) in [7, 11) is 0. The van der Waals surface area contributed by atoms with Crippen LogP contribution in [0.25, 0.3) is 0 Å². The van der Waals surface area contributed by atoms with E-state index in [2.05, 4.69) is 13.8 Å². The van der Waals surface area contributed by atoms with Crippen molar-refractivity contribution in [1.29, 1.82) is 0 Å². The molecule has 0 fully saturated rings. The first kappa shape index (κ1) is 20.2. The molecule has 109 valence electrons. The zero-order valence-electron chi connectivity index (χ0n) is 11.2. The second-order valence-corrected chi connectivity index (χ2v) is 18.2. The Morgan fingerprint density at radius 2 is 1.33 bits per heavy atom. The molecule has 0 rings (SSSR count). The second-order valence-electron chi connectivity index (χ2n) is 4.62. The van der Waals surface area contributed by atoms with Gasteiger partial charge in [0.2, 0.25) is 0 Å². The van der Waals surface area contributed by atoms with E-state index in [1.807, 2.05) is 0 Å². The summed E-state index contributed by atoms with van der Waals surface area (Å²) >= 11 is 29.7. The van der Waals surface area contributed by atoms with Gasteiger partial charge in [0, 0.05) is 0 Å². The van der Waals surface area contributed by atoms with Crippen molar-refractivity contribution in [3.8, 4) is 0 Å². The second kappa shape index (κ2) is 9.30. The average Bonchev–Trinajstić information content (AvgIpc) is 2.28. The van der Waals surface area contributed by atoms with Crippen LogP contribution in [0.2, 0.25) is 8.87 Å². The van der Waals surface area contributed by atoms with E-state index in [-0.39, 0.29) is 0 Å². The summed E-state index contributed by atoms with van der Waals surface area (Å²) in [6.07, 6.45) is 4.60. The van der Waals surface area contributed by atoms with Crippen molar-refractivity contribution in [2.75, 3.05) is 0 Å². The first-order valence-corrected chi connectivity index (χ1v) is 13.9. The summed E-state index contributed by atoms with van der Waals surface area (Å²) in [5, 5.41) is -0.463. The van der Waals surface area contributed by atoms with Gasteiger partial charge in [-0.1, -0.05) is 0 Å². The number of hydrogen-bond donors (Lipinski definition) is 0. The molecule has 1 atom stereocenters. The number of halogens is 5. The van der Waals surface area contributed by atoms with Gasteiger partial charge >= 0.3 is 145 Å². The van der Waals surface area contributed by atoms with E-state index >= 15 is 0 Å². The Kier molecular flexibility index (Phi) is 10.5. The molecule has 0 aromatic heterocycles. The molecular weight excluding hydrogens is 440 g/mol. The Balaban J connectivity index is 4.92. The van der Waals surface area contributed by atoms with E-state index in [0.717, 1.165) is 34.6 Å². The van der Waals surface area contributed by atoms with Crippen LogP contribution in [0.3, 0.4) is 0 Å². The molecule has 0 spiro atoms. The fourth-order valence-corrected chi connectivity index (χ4v) is 15.8. The van der Waals surface area contributed by atoms with Crippen LogP contribution in [0.15, 0.2) is 0 Å². The molecule has 1 radical (unpaired) electrons. The minimum atomic E-state index is -2.12. The topological polar surface area (TPSA) is 0 Å². The Morgan fingerprint density at radius 3 is 1.61 bits per heavy atom. The maximum absolute atomic E-state index is 6.56. The third kappa shape index (κ3) is 5.56. The van der Waals surface area contributed by atoms with Gasteiger partial charge in [-0.15, -0.1) is 0 Å². The van der Waals surface area contributed by atoms with Crippen LogP contribution in [-0.4, -0.2) is 31.8 Å². The predicted octanol–water partition coefficient (Wildman–Crippen LogP) is 6.60. The van der Waals surface area contributed by atoms with Gasteiger partial charge in [-0.05, 0) is 0 Å². The van der Waals surface area contributed by atoms with Crippen molar-refractivity contribution < 1.29 is 0 Å². The van der Waals surface area contributed by atoms with Gasteiger partial charge in [0.05, 0.1) is 0 Å². The number of unbranched alkanes of at least 4 members (excludes halogenated alkanes) is 2. The quantitative estimate of drug-likeness (QED) is 0.268. The summed E-state index contributed by atoms with van der Waals surface area (Å²) in [4.78, 5) is 0. The first-order chi connectivity index (χ1) is 8.21. The Morgan fingerprint density at radius 1 is 0.944 bits per heavy atom. The first-order valence-electron chi connectivity index (χ1n) is 6.46. The standard InChI is InChI=1S/C4H4Cl5.2C4H9.Sn/c1-2(5)4(8,9)3(6)7;2*1-3-4-2;/h2H,1H3;2*1,3-4H2,2H3;. The molecule has 0 bridgehead atoms. The van der Waals surface area contributed by atoms with Crippen LogP contribution in [0, 0.1) is 0 Å². The van der Waals surface area contributed by atoms with Crippen molar-refractivity contribution in [3.63, 3.8) is 0 Å². The average molecular weight is 462 g/mol. The molecule has 0 aromatic carbocycles. The van der Waals surface area contributed by atoms with Gasteiger partial charge in [-0.3, -0.25) is 0 Å². The van der Waals surface area contributed by atoms with Crippen LogP contribution >= 0.6 is 58.0 Å². The van der Waals surface area contributed by atoms with E-state index in [4.69, 9.17) is 58.0 Å². The molecule has 0 heterocycles. The summed E-state index contributed by atoms with van der Waals surface area (Å²) in [6.45, 7) is 6.09. The summed E-state index contributed by atoms with van der Waals surface area (Å²) in [5.74, 6) is 0. The molecule has 0 aliphatic heterocycles. The Hall–Kier alpha value is 2.25. The molecule has 0 aromatic rings. The van der Waals surface area contributed by atoms with Crippen molar-refractivity contribution in [2.45, 2.75) is 67.4 Å². The molecule has 0 nitrogen and oxygen atoms in total. The minimum absolute atomic E-state index is 0.463. The number of rotatable bonds is 9. The maximum atomic E-state index is 6.56. The SMILES string of the molecule is CCC[CH2][Sn]([CH2]CCC)[C](Cl)(Cl)C(Cl)(Cl)C(C)Cl. The predicted molar refractivity (Wildman–Crippen MR) is 89.4 cm³/mol. The van der Waals surface area contributed by atoms with Gasteiger partial charge in [-0.2, -0.15) is 0 Å². The number of alkyl halides is 5. The zero-order valence-corrected chi connectivity index (χ0v) is 17.8. The Labute approximate surface area is 144 Å². The summed E-state index contributed by atoms with van der Waals surface area (Å²) in [5.41, 5.74) is 0. The molecule has 6 heteroatoms. The van der Waals surface area contributed by atoms with Crippen LogP contribution < -0.4 is 0 Å². The monoisotopic (exact) mass is 461 g/mol. The van der Waals surface area contributed by atoms with E-state index < -0.39 is 31.8 Å². The number of hydrogen-bond acceptors (Lipinski definition) is 0. The van der Waals surface area contributed by atoms with Gasteiger partial charge in [0.25, 0.3) is 0 Å². The van der Waals surface area contributed by atoms with Crippen molar-refractivity contribution >= 4 is 77.8 Å². The van der Waals surface area contributed by atoms with E-state index in [1.54, 1.807) is 6.92 Å². The van der Waals surface area contributed by atoms with Crippen molar-refractivity contribution in [3.05, 3.63) is 0 Å². The van der Waals surface area contributed by atoms with E-state index in [1.165, 1.54) is 0 Å². The zero-order chi connectivity index (χ0) is 14.4. The third-order valence-electron chi connectivity index (χ3n) is 3.03. The van der Waals surface area contributed by atoms with Gasteiger partial charge in [0.1, 0.15) is 0 Å². The van der Waals surface area contributed by atoms with Crippen LogP contribution in [0.1, 0.15) is 46.5 Å². The van der Waals surface area contributed by atoms with Crippen molar-refractivity contribution in [1.82, 2.24) is 0 Å². The third-order valence-corrected chi connectivity index (χ3v) is 19.4. The van der Waals surface area contributed by atoms with Crippen LogP contribution in [-0.2, 0) is 0 Å². The fourth-order valence-electron chi connectivity index (χ4n) is 1.70. The molecule has 0 saturated carbocycles. The molecule has 0 aliphatic carbocycles. The van der Waals surface area contributed by atoms with Gasteiger partial charge < -0.3 is 0 Å². The summed E-state index contributed by atoms with van der Waals surface area (Å²) < 4.78 is -0.0368. The molecule has 1 unspecified atom stereocenters. The molecule has 18 heavy (non-hydrogen) atoms. The molecule has 0 saturated heterocycles. The van der Waals surface area contributed by atoms with E-state index in [0.29, 0.717) is 0 Å². The molecule has 0 amide bonds. The fraction of sp³-hybridized carbons (Fsp3) is 1.00. The van der Waals surface area contributed by atoms with Crippen molar-refractivity contribution in [2.24, 2.45) is 0 Å². The van der Waals surface area contributed by atoms with Gasteiger partial charge in [0.15, 0.2) is 0 Å². The molecule has 0 N–H and O–H groups in total. The molecule has 0 aliphatic rings. The summed E-state index contributed by atoms with van der Waals surface area (Å²) in [6, 6.07) is 0. The Bertz CT molecular complexity index is 223. The van der Waals surface area contributed by atoms with Crippen LogP contribution in [0.5, 0.6) is 0 Å². The van der Waals surface area contributed by atoms with E-state index in [9.17, 15) is 0 Å². The molecular formula is C12H22Cl5Sn. The van der Waals surface area contributed by atoms with Crippen LogP contribution in [0.4, 0.5) is 0 Å². The normalized spacial score (nSPS) is 15.2.